The Morgan fingerprint density at radius 1 is 1.40 bits per heavy atom. The van der Waals surface area contributed by atoms with Gasteiger partial charge in [0.05, 0.1) is 5.92 Å². The molecule has 25 heavy (non-hydrogen) atoms. The summed E-state index contributed by atoms with van der Waals surface area (Å²) in [5.74, 6) is 1.06. The molecule has 134 valence electrons. The first-order valence-electron chi connectivity index (χ1n) is 8.76. The summed E-state index contributed by atoms with van der Waals surface area (Å²) in [7, 11) is 0. The second kappa shape index (κ2) is 7.58. The van der Waals surface area contributed by atoms with E-state index in [4.69, 9.17) is 4.52 Å². The molecule has 0 bridgehead atoms. The molecular weight excluding hydrogens is 322 g/mol. The Morgan fingerprint density at radius 3 is 2.96 bits per heavy atom. The SMILES string of the molecule is CCCCn1nc(C(=O)N2CCC[C@@H](c3nc(C)no3)C2)ccc1=O. The van der Waals surface area contributed by atoms with Crippen LogP contribution in [0.5, 0.6) is 0 Å². The van der Waals surface area contributed by atoms with E-state index >= 15 is 0 Å². The maximum absolute atomic E-state index is 12.8. The lowest BCUT2D eigenvalue weighted by molar-refractivity contribution is 0.0686. The van der Waals surface area contributed by atoms with Gasteiger partial charge >= 0.3 is 0 Å². The fourth-order valence-corrected chi connectivity index (χ4v) is 3.04. The van der Waals surface area contributed by atoms with E-state index in [1.807, 2.05) is 6.92 Å². The summed E-state index contributed by atoms with van der Waals surface area (Å²) in [6.07, 6.45) is 3.60. The molecule has 3 rings (SSSR count). The Balaban J connectivity index is 1.75. The molecule has 3 heterocycles. The maximum atomic E-state index is 12.8. The number of amides is 1. The molecule has 1 fully saturated rings. The van der Waals surface area contributed by atoms with E-state index in [1.165, 1.54) is 16.8 Å². The monoisotopic (exact) mass is 345 g/mol. The van der Waals surface area contributed by atoms with Crippen LogP contribution in [0.1, 0.15) is 60.7 Å². The van der Waals surface area contributed by atoms with Gasteiger partial charge in [0.25, 0.3) is 11.5 Å². The van der Waals surface area contributed by atoms with Crippen LogP contribution < -0.4 is 5.56 Å². The average molecular weight is 345 g/mol. The van der Waals surface area contributed by atoms with Crippen LogP contribution in [-0.2, 0) is 6.54 Å². The fourth-order valence-electron chi connectivity index (χ4n) is 3.04. The van der Waals surface area contributed by atoms with Crippen molar-refractivity contribution in [3.8, 4) is 0 Å². The van der Waals surface area contributed by atoms with E-state index in [0.717, 1.165) is 25.7 Å². The number of hydrogen-bond acceptors (Lipinski definition) is 6. The molecule has 0 spiro atoms. The third-order valence-corrected chi connectivity index (χ3v) is 4.41. The van der Waals surface area contributed by atoms with Crippen LogP contribution in [0.15, 0.2) is 21.5 Å². The molecule has 0 saturated carbocycles. The van der Waals surface area contributed by atoms with Gasteiger partial charge < -0.3 is 9.42 Å². The Hall–Kier alpha value is -2.51. The van der Waals surface area contributed by atoms with Gasteiger partial charge in [-0.1, -0.05) is 18.5 Å². The number of hydrogen-bond donors (Lipinski definition) is 0. The zero-order valence-electron chi connectivity index (χ0n) is 14.6. The van der Waals surface area contributed by atoms with Crippen molar-refractivity contribution in [3.05, 3.63) is 39.9 Å². The predicted molar refractivity (Wildman–Crippen MR) is 90.3 cm³/mol. The number of piperidine rings is 1. The Labute approximate surface area is 145 Å². The molecule has 1 amide bonds. The highest BCUT2D eigenvalue weighted by Crippen LogP contribution is 2.26. The highest BCUT2D eigenvalue weighted by atomic mass is 16.5. The van der Waals surface area contributed by atoms with Crippen LogP contribution in [0, 0.1) is 6.92 Å². The van der Waals surface area contributed by atoms with Crippen LogP contribution in [-0.4, -0.2) is 43.8 Å². The number of aryl methyl sites for hydroxylation is 2. The van der Waals surface area contributed by atoms with Crippen LogP contribution in [0.4, 0.5) is 0 Å². The van der Waals surface area contributed by atoms with Crippen molar-refractivity contribution >= 4 is 5.91 Å². The molecule has 0 aliphatic carbocycles. The summed E-state index contributed by atoms with van der Waals surface area (Å²) >= 11 is 0. The van der Waals surface area contributed by atoms with Gasteiger partial charge in [-0.15, -0.1) is 0 Å². The first-order chi connectivity index (χ1) is 12.1. The minimum Gasteiger partial charge on any atom is -0.339 e. The normalized spacial score (nSPS) is 17.7. The van der Waals surface area contributed by atoms with Crippen molar-refractivity contribution < 1.29 is 9.32 Å². The molecule has 2 aromatic heterocycles. The predicted octanol–water partition coefficient (Wildman–Crippen LogP) is 1.75. The van der Waals surface area contributed by atoms with Crippen molar-refractivity contribution in [2.24, 2.45) is 0 Å². The maximum Gasteiger partial charge on any atom is 0.274 e. The molecule has 0 aromatic carbocycles. The molecule has 1 saturated heterocycles. The molecule has 2 aromatic rings. The van der Waals surface area contributed by atoms with Crippen molar-refractivity contribution in [2.45, 2.75) is 52.0 Å². The molecule has 0 N–H and O–H groups in total. The second-order valence-corrected chi connectivity index (χ2v) is 6.40. The van der Waals surface area contributed by atoms with Crippen LogP contribution >= 0.6 is 0 Å². The lowest BCUT2D eigenvalue weighted by atomic mass is 9.97. The van der Waals surface area contributed by atoms with E-state index in [2.05, 4.69) is 15.2 Å². The van der Waals surface area contributed by atoms with Gasteiger partial charge in [0.15, 0.2) is 5.82 Å². The molecule has 1 aliphatic rings. The van der Waals surface area contributed by atoms with Crippen LogP contribution in [0.3, 0.4) is 0 Å². The Morgan fingerprint density at radius 2 is 2.24 bits per heavy atom. The third-order valence-electron chi connectivity index (χ3n) is 4.41. The molecule has 1 aliphatic heterocycles. The highest BCUT2D eigenvalue weighted by molar-refractivity contribution is 5.92. The van der Waals surface area contributed by atoms with Gasteiger partial charge in [-0.05, 0) is 32.3 Å². The average Bonchev–Trinajstić information content (AvgIpc) is 3.07. The summed E-state index contributed by atoms with van der Waals surface area (Å²) in [5.41, 5.74) is 0.126. The Bertz CT molecular complexity index is 798. The molecule has 8 heteroatoms. The molecule has 0 unspecified atom stereocenters. The fraction of sp³-hybridized carbons (Fsp3) is 0.588. The number of unbranched alkanes of at least 4 members (excludes halogenated alkanes) is 1. The van der Waals surface area contributed by atoms with Crippen LogP contribution in [0.2, 0.25) is 0 Å². The van der Waals surface area contributed by atoms with Crippen molar-refractivity contribution in [1.82, 2.24) is 24.8 Å². The highest BCUT2D eigenvalue weighted by Gasteiger charge is 2.29. The first kappa shape index (κ1) is 17.3. The smallest absolute Gasteiger partial charge is 0.274 e. The Kier molecular flexibility index (Phi) is 5.25. The van der Waals surface area contributed by atoms with Crippen molar-refractivity contribution in [3.63, 3.8) is 0 Å². The minimum atomic E-state index is -0.178. The summed E-state index contributed by atoms with van der Waals surface area (Å²) in [6.45, 7) is 5.55. The lowest BCUT2D eigenvalue weighted by Crippen LogP contribution is -2.40. The summed E-state index contributed by atoms with van der Waals surface area (Å²) < 4.78 is 6.63. The number of nitrogens with zero attached hydrogens (tertiary/aromatic N) is 5. The van der Waals surface area contributed by atoms with Gasteiger partial charge in [0, 0.05) is 25.7 Å². The van der Waals surface area contributed by atoms with Gasteiger partial charge in [-0.3, -0.25) is 9.59 Å². The summed E-state index contributed by atoms with van der Waals surface area (Å²) in [4.78, 5) is 30.7. The lowest BCUT2D eigenvalue weighted by Gasteiger charge is -2.30. The van der Waals surface area contributed by atoms with Gasteiger partial charge in [-0.25, -0.2) is 4.68 Å². The van der Waals surface area contributed by atoms with E-state index in [1.54, 1.807) is 11.8 Å². The number of carbonyl (C=O) groups is 1. The number of aromatic nitrogens is 4. The molecule has 0 radical (unpaired) electrons. The standard InChI is InChI=1S/C17H23N5O3/c1-3-4-10-22-15(23)8-7-14(19-22)17(24)21-9-5-6-13(11-21)16-18-12(2)20-25-16/h7-8,13H,3-6,9-11H2,1-2H3/t13-/m1/s1. The van der Waals surface area contributed by atoms with Gasteiger partial charge in [0.2, 0.25) is 5.89 Å². The summed E-state index contributed by atoms with van der Waals surface area (Å²) in [5, 5.41) is 8.08. The van der Waals surface area contributed by atoms with E-state index in [9.17, 15) is 9.59 Å². The zero-order chi connectivity index (χ0) is 17.8. The van der Waals surface area contributed by atoms with E-state index < -0.39 is 0 Å². The number of likely N-dealkylation sites (tertiary alicyclic amines) is 1. The summed E-state index contributed by atoms with van der Waals surface area (Å²) in [6, 6.07) is 2.92. The zero-order valence-corrected chi connectivity index (χ0v) is 14.6. The van der Waals surface area contributed by atoms with Crippen LogP contribution in [0.25, 0.3) is 0 Å². The first-order valence-corrected chi connectivity index (χ1v) is 8.76. The number of carbonyl (C=O) groups excluding carboxylic acids is 1. The molecule has 8 nitrogen and oxygen atoms in total. The third kappa shape index (κ3) is 3.94. The topological polar surface area (TPSA) is 94.1 Å². The molecule has 1 atom stereocenters. The van der Waals surface area contributed by atoms with E-state index in [0.29, 0.717) is 37.0 Å². The quantitative estimate of drug-likeness (QED) is 0.819. The van der Waals surface area contributed by atoms with E-state index in [-0.39, 0.29) is 17.4 Å². The second-order valence-electron chi connectivity index (χ2n) is 6.40. The van der Waals surface area contributed by atoms with Crippen molar-refractivity contribution in [2.75, 3.05) is 13.1 Å². The van der Waals surface area contributed by atoms with Crippen molar-refractivity contribution in [1.29, 1.82) is 0 Å². The number of rotatable bonds is 5. The minimum absolute atomic E-state index is 0.0462. The largest absolute Gasteiger partial charge is 0.339 e. The van der Waals surface area contributed by atoms with Gasteiger partial charge in [-0.2, -0.15) is 10.1 Å². The molecular formula is C17H23N5O3. The van der Waals surface area contributed by atoms with Gasteiger partial charge in [0.1, 0.15) is 5.69 Å².